The summed E-state index contributed by atoms with van der Waals surface area (Å²) in [4.78, 5) is 20.4. The number of hydrogen-bond donors (Lipinski definition) is 0. The molecule has 0 bridgehead atoms. The molecule has 0 saturated heterocycles. The Morgan fingerprint density at radius 1 is 0.759 bits per heavy atom. The molecule has 7 heteroatoms. The average molecular weight is 503 g/mol. The molecule has 2 radical (unpaired) electrons. The van der Waals surface area contributed by atoms with E-state index in [0.717, 1.165) is 12.8 Å². The van der Waals surface area contributed by atoms with Crippen LogP contribution in [0.15, 0.2) is 48.5 Å². The van der Waals surface area contributed by atoms with E-state index < -0.39 is 11.9 Å². The Balaban J connectivity index is -0.000000336. The maximum atomic E-state index is 10.2. The monoisotopic (exact) mass is 504 g/mol. The number of nitrogens with one attached hydrogen (secondary N) is 2. The summed E-state index contributed by atoms with van der Waals surface area (Å²) >= 11 is 0. The minimum absolute atomic E-state index is 0. The molecule has 2 aromatic rings. The first kappa shape index (κ1) is 31.5. The van der Waals surface area contributed by atoms with Crippen molar-refractivity contribution < 1.29 is 19.8 Å². The molecular formula is C22H28N2O4Sn-4. The van der Waals surface area contributed by atoms with Gasteiger partial charge in [-0.1, -0.05) is 75.2 Å². The Morgan fingerprint density at radius 3 is 1.14 bits per heavy atom. The van der Waals surface area contributed by atoms with Crippen molar-refractivity contribution in [1.82, 2.24) is 0 Å². The Bertz CT molecular complexity index is 631. The molecular weight excluding hydrogens is 475 g/mol. The van der Waals surface area contributed by atoms with E-state index in [-0.39, 0.29) is 46.4 Å². The van der Waals surface area contributed by atoms with Gasteiger partial charge in [0.25, 0.3) is 0 Å². The van der Waals surface area contributed by atoms with Crippen molar-refractivity contribution in [3.05, 3.63) is 85.0 Å². The first-order valence-electron chi connectivity index (χ1n) is 8.89. The second-order valence-electron chi connectivity index (χ2n) is 5.37. The number of benzene rings is 2. The van der Waals surface area contributed by atoms with Gasteiger partial charge in [0.2, 0.25) is 0 Å². The first-order valence-corrected chi connectivity index (χ1v) is 8.89. The molecule has 2 aromatic carbocycles. The molecule has 0 aliphatic rings. The largest absolute Gasteiger partial charge is 2.00 e. The Hall–Kier alpha value is -2.22. The molecule has 6 nitrogen and oxygen atoms in total. The molecule has 29 heavy (non-hydrogen) atoms. The fourth-order valence-electron chi connectivity index (χ4n) is 1.32. The third-order valence-corrected chi connectivity index (χ3v) is 3.00. The van der Waals surface area contributed by atoms with Crippen LogP contribution in [0.3, 0.4) is 0 Å². The van der Waals surface area contributed by atoms with E-state index >= 15 is 0 Å². The van der Waals surface area contributed by atoms with Gasteiger partial charge in [0.15, 0.2) is 0 Å². The van der Waals surface area contributed by atoms with Crippen molar-refractivity contribution >= 4 is 47.2 Å². The molecule has 0 fully saturated rings. The first-order chi connectivity index (χ1) is 13.3. The molecule has 158 valence electrons. The zero-order valence-corrected chi connectivity index (χ0v) is 19.8. The molecule has 0 atom stereocenters. The molecule has 0 heterocycles. The number of aromatic carboxylic acids is 2. The standard InChI is InChI=1S/2C7H6NO2.2C4H9.Sn/c2*8-6-4-2-1-3-5(6)7(9)10;2*1-3-4-2;/h2*1-4,8H,(H,9,10);2*1,3-4H2,2H3;/q4*-1;+2/p-2. The summed E-state index contributed by atoms with van der Waals surface area (Å²) in [6.45, 7) is 11.4. The van der Waals surface area contributed by atoms with Crippen LogP contribution in [-0.2, 0) is 0 Å². The normalized spacial score (nSPS) is 8.41. The summed E-state index contributed by atoms with van der Waals surface area (Å²) in [5.41, 5.74) is 14.0. The van der Waals surface area contributed by atoms with Crippen LogP contribution < -0.4 is 10.2 Å². The number of unbranched alkanes of at least 4 members (excludes halogenated alkanes) is 2. The maximum Gasteiger partial charge on any atom is 2.00 e. The predicted octanol–water partition coefficient (Wildman–Crippen LogP) is 4.33. The summed E-state index contributed by atoms with van der Waals surface area (Å²) in [6.07, 6.45) is 4.56. The van der Waals surface area contributed by atoms with Gasteiger partial charge in [-0.05, 0) is 11.1 Å². The summed E-state index contributed by atoms with van der Waals surface area (Å²) in [7, 11) is 0. The summed E-state index contributed by atoms with van der Waals surface area (Å²) in [6, 6.07) is 11.8. The SMILES string of the molecule is [CH2-]CCC.[CH2-]CCC.[NH-]c1ccccc1C(=O)[O-].[NH-]c1ccccc1C(=O)[O-].[Sn+2]. The number of rotatable bonds is 4. The molecule has 0 spiro atoms. The molecule has 0 aliphatic heterocycles. The zero-order chi connectivity index (χ0) is 21.9. The van der Waals surface area contributed by atoms with E-state index in [4.69, 9.17) is 11.5 Å². The van der Waals surface area contributed by atoms with E-state index in [9.17, 15) is 19.8 Å². The third kappa shape index (κ3) is 16.4. The van der Waals surface area contributed by atoms with Crippen molar-refractivity contribution in [3.8, 4) is 0 Å². The zero-order valence-electron chi connectivity index (χ0n) is 17.0. The summed E-state index contributed by atoms with van der Waals surface area (Å²) in [5.74, 6) is -2.60. The molecule has 2 N–H and O–H groups in total. The summed E-state index contributed by atoms with van der Waals surface area (Å²) < 4.78 is 0. The van der Waals surface area contributed by atoms with Crippen molar-refractivity contribution in [3.63, 3.8) is 0 Å². The van der Waals surface area contributed by atoms with Crippen LogP contribution >= 0.6 is 0 Å². The number of carboxylic acids is 2. The minimum atomic E-state index is -1.30. The molecule has 0 aromatic heterocycles. The van der Waals surface area contributed by atoms with Crippen LogP contribution in [0.2, 0.25) is 0 Å². The van der Waals surface area contributed by atoms with Crippen LogP contribution in [0.5, 0.6) is 0 Å². The number of hydrogen-bond acceptors (Lipinski definition) is 4. The Morgan fingerprint density at radius 2 is 1.00 bits per heavy atom. The topological polar surface area (TPSA) is 128 Å². The van der Waals surface area contributed by atoms with E-state index in [1.807, 2.05) is 0 Å². The van der Waals surface area contributed by atoms with Gasteiger partial charge >= 0.3 is 23.9 Å². The molecule has 2 rings (SSSR count). The average Bonchev–Trinajstić information content (AvgIpc) is 2.69. The van der Waals surface area contributed by atoms with Crippen molar-refractivity contribution in [1.29, 1.82) is 0 Å². The minimum Gasteiger partial charge on any atom is -0.698 e. The quantitative estimate of drug-likeness (QED) is 0.455. The van der Waals surface area contributed by atoms with Gasteiger partial charge in [0.1, 0.15) is 0 Å². The van der Waals surface area contributed by atoms with E-state index in [1.165, 1.54) is 37.1 Å². The second-order valence-corrected chi connectivity index (χ2v) is 5.37. The fourth-order valence-corrected chi connectivity index (χ4v) is 1.32. The Labute approximate surface area is 191 Å². The van der Waals surface area contributed by atoms with Crippen molar-refractivity contribution in [2.45, 2.75) is 39.5 Å². The van der Waals surface area contributed by atoms with Crippen molar-refractivity contribution in [2.24, 2.45) is 0 Å². The van der Waals surface area contributed by atoms with Gasteiger partial charge in [0, 0.05) is 0 Å². The van der Waals surface area contributed by atoms with Crippen LogP contribution in [0, 0.1) is 13.8 Å². The smallest absolute Gasteiger partial charge is 0.698 e. The van der Waals surface area contributed by atoms with Gasteiger partial charge in [-0.2, -0.15) is 12.8 Å². The van der Waals surface area contributed by atoms with E-state index in [0.29, 0.717) is 0 Å². The van der Waals surface area contributed by atoms with Gasteiger partial charge in [-0.3, -0.25) is 0 Å². The predicted molar refractivity (Wildman–Crippen MR) is 116 cm³/mol. The molecule has 0 amide bonds. The van der Waals surface area contributed by atoms with Crippen molar-refractivity contribution in [2.75, 3.05) is 0 Å². The molecule has 0 aliphatic carbocycles. The van der Waals surface area contributed by atoms with E-state index in [1.54, 1.807) is 24.3 Å². The Kier molecular flexibility index (Phi) is 22.3. The van der Waals surface area contributed by atoms with Crippen LogP contribution in [-0.4, -0.2) is 35.8 Å². The molecule has 0 unspecified atom stereocenters. The summed E-state index contributed by atoms with van der Waals surface area (Å²) in [5, 5.41) is 20.4. The maximum absolute atomic E-state index is 10.2. The second kappa shape index (κ2) is 20.5. The van der Waals surface area contributed by atoms with E-state index in [2.05, 4.69) is 27.7 Å². The van der Waals surface area contributed by atoms with Gasteiger partial charge in [0.05, 0.1) is 11.9 Å². The third-order valence-electron chi connectivity index (χ3n) is 3.00. The molecule has 0 saturated carbocycles. The number of carboxylic acid groups (broad SMARTS) is 2. The number of carbonyl (C=O) groups excluding carboxylic acids is 2. The van der Waals surface area contributed by atoms with Crippen LogP contribution in [0.4, 0.5) is 11.4 Å². The van der Waals surface area contributed by atoms with Gasteiger partial charge in [-0.25, -0.2) is 0 Å². The van der Waals surface area contributed by atoms with Crippen LogP contribution in [0.25, 0.3) is 11.5 Å². The number of carbonyl (C=O) groups is 2. The van der Waals surface area contributed by atoms with Gasteiger partial charge < -0.3 is 45.1 Å². The van der Waals surface area contributed by atoms with Gasteiger partial charge in [-0.15, -0.1) is 11.4 Å². The fraction of sp³-hybridized carbons (Fsp3) is 0.273. The van der Waals surface area contributed by atoms with Crippen LogP contribution in [0.1, 0.15) is 60.2 Å².